The van der Waals surface area contributed by atoms with Gasteiger partial charge in [0.1, 0.15) is 0 Å². The standard InChI is InChI=1S/C19H19NO3/c21-19(22)13-8-9-16-15(11-13)18-14(7-4-10-23-18)17(20-16)12-5-2-1-3-6-12/h1-3,5-6,8-9,11,14,17-18,20H,4,7,10H2,(H,21,22). The molecule has 4 rings (SSSR count). The van der Waals surface area contributed by atoms with E-state index in [1.54, 1.807) is 12.1 Å². The summed E-state index contributed by atoms with van der Waals surface area (Å²) in [5, 5.41) is 12.9. The SMILES string of the molecule is O=C(O)c1ccc2c(c1)C1OCCCC1C(c1ccccc1)N2. The van der Waals surface area contributed by atoms with Crippen LogP contribution in [-0.4, -0.2) is 17.7 Å². The van der Waals surface area contributed by atoms with Crippen LogP contribution >= 0.6 is 0 Å². The molecule has 1 fully saturated rings. The number of rotatable bonds is 2. The average Bonchev–Trinajstić information content (AvgIpc) is 2.61. The molecule has 1 saturated heterocycles. The molecule has 2 aliphatic heterocycles. The number of benzene rings is 2. The highest BCUT2D eigenvalue weighted by Crippen LogP contribution is 2.49. The van der Waals surface area contributed by atoms with Gasteiger partial charge in [0, 0.05) is 23.8 Å². The van der Waals surface area contributed by atoms with Crippen LogP contribution in [0.1, 0.15) is 46.5 Å². The number of carboxylic acid groups (broad SMARTS) is 1. The molecule has 23 heavy (non-hydrogen) atoms. The lowest BCUT2D eigenvalue weighted by Gasteiger charge is -2.43. The topological polar surface area (TPSA) is 58.6 Å². The first kappa shape index (κ1) is 14.3. The molecular formula is C19H19NO3. The van der Waals surface area contributed by atoms with E-state index in [2.05, 4.69) is 29.6 Å². The lowest BCUT2D eigenvalue weighted by molar-refractivity contribution is -0.0381. The predicted octanol–water partition coefficient (Wildman–Crippen LogP) is 4.02. The normalized spacial score (nSPS) is 25.8. The van der Waals surface area contributed by atoms with Crippen molar-refractivity contribution in [2.75, 3.05) is 11.9 Å². The minimum atomic E-state index is -0.898. The summed E-state index contributed by atoms with van der Waals surface area (Å²) in [5.74, 6) is -0.576. The van der Waals surface area contributed by atoms with Gasteiger partial charge in [-0.25, -0.2) is 4.79 Å². The zero-order valence-corrected chi connectivity index (χ0v) is 12.7. The van der Waals surface area contributed by atoms with E-state index in [0.717, 1.165) is 30.7 Å². The Hall–Kier alpha value is -2.33. The van der Waals surface area contributed by atoms with Gasteiger partial charge in [0.05, 0.1) is 17.7 Å². The Bertz CT molecular complexity index is 729. The van der Waals surface area contributed by atoms with E-state index in [0.29, 0.717) is 11.5 Å². The van der Waals surface area contributed by atoms with Gasteiger partial charge in [-0.05, 0) is 36.6 Å². The van der Waals surface area contributed by atoms with Crippen LogP contribution in [0.2, 0.25) is 0 Å². The van der Waals surface area contributed by atoms with Crippen molar-refractivity contribution in [3.8, 4) is 0 Å². The highest BCUT2D eigenvalue weighted by molar-refractivity contribution is 5.88. The van der Waals surface area contributed by atoms with Crippen molar-refractivity contribution in [2.24, 2.45) is 5.92 Å². The molecule has 0 amide bonds. The minimum Gasteiger partial charge on any atom is -0.478 e. The van der Waals surface area contributed by atoms with Crippen molar-refractivity contribution in [3.05, 3.63) is 65.2 Å². The monoisotopic (exact) mass is 309 g/mol. The van der Waals surface area contributed by atoms with Gasteiger partial charge in [-0.3, -0.25) is 0 Å². The molecule has 3 atom stereocenters. The first-order valence-electron chi connectivity index (χ1n) is 8.04. The van der Waals surface area contributed by atoms with E-state index in [-0.39, 0.29) is 12.1 Å². The van der Waals surface area contributed by atoms with Gasteiger partial charge in [0.2, 0.25) is 0 Å². The molecule has 0 spiro atoms. The predicted molar refractivity (Wildman–Crippen MR) is 87.6 cm³/mol. The number of anilines is 1. The Kier molecular flexibility index (Phi) is 3.54. The first-order valence-corrected chi connectivity index (χ1v) is 8.04. The number of aromatic carboxylic acids is 1. The Morgan fingerprint density at radius 3 is 2.78 bits per heavy atom. The summed E-state index contributed by atoms with van der Waals surface area (Å²) in [4.78, 5) is 11.3. The van der Waals surface area contributed by atoms with E-state index in [4.69, 9.17) is 4.74 Å². The molecule has 0 saturated carbocycles. The third-order valence-corrected chi connectivity index (χ3v) is 4.87. The highest BCUT2D eigenvalue weighted by Gasteiger charge is 2.39. The molecule has 0 radical (unpaired) electrons. The van der Waals surface area contributed by atoms with Gasteiger partial charge < -0.3 is 15.2 Å². The number of hydrogen-bond acceptors (Lipinski definition) is 3. The number of nitrogens with one attached hydrogen (secondary N) is 1. The quantitative estimate of drug-likeness (QED) is 0.879. The number of fused-ring (bicyclic) bond motifs is 3. The van der Waals surface area contributed by atoms with Gasteiger partial charge in [-0.2, -0.15) is 0 Å². The van der Waals surface area contributed by atoms with Crippen molar-refractivity contribution in [1.82, 2.24) is 0 Å². The van der Waals surface area contributed by atoms with Crippen molar-refractivity contribution in [1.29, 1.82) is 0 Å². The van der Waals surface area contributed by atoms with Crippen molar-refractivity contribution in [3.63, 3.8) is 0 Å². The fourth-order valence-electron chi connectivity index (χ4n) is 3.79. The largest absolute Gasteiger partial charge is 0.478 e. The minimum absolute atomic E-state index is 0.0375. The zero-order chi connectivity index (χ0) is 15.8. The fourth-order valence-corrected chi connectivity index (χ4v) is 3.79. The third kappa shape index (κ3) is 2.49. The average molecular weight is 309 g/mol. The van der Waals surface area contributed by atoms with Crippen molar-refractivity contribution in [2.45, 2.75) is 25.0 Å². The van der Waals surface area contributed by atoms with Gasteiger partial charge in [-0.15, -0.1) is 0 Å². The smallest absolute Gasteiger partial charge is 0.335 e. The fraction of sp³-hybridized carbons (Fsp3) is 0.316. The van der Waals surface area contributed by atoms with Crippen LogP contribution in [0.4, 0.5) is 5.69 Å². The van der Waals surface area contributed by atoms with Crippen LogP contribution in [0.25, 0.3) is 0 Å². The van der Waals surface area contributed by atoms with Crippen LogP contribution in [0, 0.1) is 5.92 Å². The molecule has 4 heteroatoms. The number of hydrogen-bond donors (Lipinski definition) is 2. The molecule has 3 unspecified atom stereocenters. The van der Waals surface area contributed by atoms with E-state index >= 15 is 0 Å². The Morgan fingerprint density at radius 1 is 1.17 bits per heavy atom. The number of carbonyl (C=O) groups is 1. The highest BCUT2D eigenvalue weighted by atomic mass is 16.5. The number of ether oxygens (including phenoxy) is 1. The molecule has 0 aliphatic carbocycles. The molecule has 4 nitrogen and oxygen atoms in total. The molecule has 2 aliphatic rings. The molecule has 2 N–H and O–H groups in total. The lowest BCUT2D eigenvalue weighted by Crippen LogP contribution is -2.36. The summed E-state index contributed by atoms with van der Waals surface area (Å²) in [6, 6.07) is 15.9. The van der Waals surface area contributed by atoms with Gasteiger partial charge in [0.15, 0.2) is 0 Å². The molecule has 2 aromatic carbocycles. The Labute approximate surface area is 135 Å². The molecule has 0 bridgehead atoms. The van der Waals surface area contributed by atoms with Crippen molar-refractivity contribution >= 4 is 11.7 Å². The zero-order valence-electron chi connectivity index (χ0n) is 12.7. The van der Waals surface area contributed by atoms with E-state index < -0.39 is 5.97 Å². The van der Waals surface area contributed by atoms with E-state index in [9.17, 15) is 9.90 Å². The second-order valence-electron chi connectivity index (χ2n) is 6.24. The third-order valence-electron chi connectivity index (χ3n) is 4.87. The Morgan fingerprint density at radius 2 is 2.00 bits per heavy atom. The first-order chi connectivity index (χ1) is 11.2. The second-order valence-corrected chi connectivity index (χ2v) is 6.24. The molecule has 2 aromatic rings. The van der Waals surface area contributed by atoms with Crippen LogP contribution in [0.15, 0.2) is 48.5 Å². The maximum atomic E-state index is 11.3. The summed E-state index contributed by atoms with van der Waals surface area (Å²) in [7, 11) is 0. The Balaban J connectivity index is 1.78. The van der Waals surface area contributed by atoms with Crippen LogP contribution in [0.3, 0.4) is 0 Å². The van der Waals surface area contributed by atoms with E-state index in [1.807, 2.05) is 12.1 Å². The molecule has 118 valence electrons. The maximum Gasteiger partial charge on any atom is 0.335 e. The second kappa shape index (κ2) is 5.70. The summed E-state index contributed by atoms with van der Waals surface area (Å²) >= 11 is 0. The summed E-state index contributed by atoms with van der Waals surface area (Å²) < 4.78 is 6.06. The summed E-state index contributed by atoms with van der Waals surface area (Å²) in [5.41, 5.74) is 3.52. The molecular weight excluding hydrogens is 290 g/mol. The van der Waals surface area contributed by atoms with Gasteiger partial charge in [-0.1, -0.05) is 30.3 Å². The molecule has 2 heterocycles. The maximum absolute atomic E-state index is 11.3. The van der Waals surface area contributed by atoms with Crippen LogP contribution in [0.5, 0.6) is 0 Å². The van der Waals surface area contributed by atoms with E-state index in [1.165, 1.54) is 5.56 Å². The summed E-state index contributed by atoms with van der Waals surface area (Å²) in [6.45, 7) is 0.736. The van der Waals surface area contributed by atoms with Crippen LogP contribution < -0.4 is 5.32 Å². The molecule has 0 aromatic heterocycles. The van der Waals surface area contributed by atoms with Crippen LogP contribution in [-0.2, 0) is 4.74 Å². The lowest BCUT2D eigenvalue weighted by atomic mass is 9.77. The summed E-state index contributed by atoms with van der Waals surface area (Å²) in [6.07, 6.45) is 2.08. The van der Waals surface area contributed by atoms with Gasteiger partial charge in [0.25, 0.3) is 0 Å². The van der Waals surface area contributed by atoms with Gasteiger partial charge >= 0.3 is 5.97 Å². The van der Waals surface area contributed by atoms with Crippen molar-refractivity contribution < 1.29 is 14.6 Å². The number of carboxylic acids is 1.